The molecule has 1 amide bonds. The lowest BCUT2D eigenvalue weighted by atomic mass is 10.1. The summed E-state index contributed by atoms with van der Waals surface area (Å²) >= 11 is 0. The van der Waals surface area contributed by atoms with Gasteiger partial charge in [-0.05, 0) is 23.6 Å². The van der Waals surface area contributed by atoms with Crippen LogP contribution in [0.2, 0.25) is 0 Å². The Morgan fingerprint density at radius 1 is 1.65 bits per heavy atom. The second-order valence-electron chi connectivity index (χ2n) is 2.84. The van der Waals surface area contributed by atoms with Crippen LogP contribution in [0.5, 0.6) is 5.75 Å². The Balaban J connectivity index is 3.38. The van der Waals surface area contributed by atoms with E-state index in [-0.39, 0.29) is 23.6 Å². The summed E-state index contributed by atoms with van der Waals surface area (Å²) in [5.41, 5.74) is 7.69. The van der Waals surface area contributed by atoms with E-state index >= 15 is 0 Å². The lowest BCUT2D eigenvalue weighted by Gasteiger charge is -2.07. The number of para-hydroxylation sites is 1. The fourth-order valence-corrected chi connectivity index (χ4v) is 1.23. The van der Waals surface area contributed by atoms with Crippen molar-refractivity contribution in [3.63, 3.8) is 0 Å². The van der Waals surface area contributed by atoms with Gasteiger partial charge in [0, 0.05) is 11.0 Å². The number of benzene rings is 1. The molecule has 0 saturated carbocycles. The molecule has 0 saturated heterocycles. The number of hydrogen-bond acceptors (Lipinski definition) is 4. The zero-order chi connectivity index (χ0) is 12.8. The van der Waals surface area contributed by atoms with Crippen molar-refractivity contribution in [2.45, 2.75) is 6.92 Å². The number of nitro benzene ring substituents is 1. The van der Waals surface area contributed by atoms with Crippen LogP contribution in [0.3, 0.4) is 0 Å². The van der Waals surface area contributed by atoms with Crippen LogP contribution in [0.15, 0.2) is 23.3 Å². The van der Waals surface area contributed by atoms with Gasteiger partial charge in [-0.2, -0.15) is 0 Å². The normalized spacial score (nSPS) is 9.24. The Morgan fingerprint density at radius 3 is 2.88 bits per heavy atom. The number of ether oxygens (including phenoxy) is 1. The molecule has 1 rings (SSSR count). The van der Waals surface area contributed by atoms with E-state index < -0.39 is 10.8 Å². The van der Waals surface area contributed by atoms with Crippen molar-refractivity contribution in [2.75, 3.05) is 6.61 Å². The van der Waals surface area contributed by atoms with Gasteiger partial charge < -0.3 is 4.74 Å². The molecule has 8 heteroatoms. The highest BCUT2D eigenvalue weighted by Crippen LogP contribution is 2.31. The van der Waals surface area contributed by atoms with Crippen molar-refractivity contribution >= 4 is 11.6 Å². The van der Waals surface area contributed by atoms with E-state index in [1.165, 1.54) is 18.2 Å². The van der Waals surface area contributed by atoms with Gasteiger partial charge in [0.05, 0.1) is 17.1 Å². The third-order valence-electron chi connectivity index (χ3n) is 1.85. The first kappa shape index (κ1) is 12.5. The minimum absolute atomic E-state index is 0.126. The molecule has 0 heterocycles. The largest absolute Gasteiger partial charge is 0.487 e. The molecule has 0 aliphatic heterocycles. The van der Waals surface area contributed by atoms with E-state index in [9.17, 15) is 14.9 Å². The van der Waals surface area contributed by atoms with E-state index in [4.69, 9.17) is 10.3 Å². The summed E-state index contributed by atoms with van der Waals surface area (Å²) in [4.78, 5) is 23.8. The van der Waals surface area contributed by atoms with Crippen molar-refractivity contribution in [1.82, 2.24) is 0 Å². The molecule has 17 heavy (non-hydrogen) atoms. The predicted octanol–water partition coefficient (Wildman–Crippen LogP) is 2.44. The zero-order valence-corrected chi connectivity index (χ0v) is 8.86. The van der Waals surface area contributed by atoms with E-state index in [1.807, 2.05) is 0 Å². The quantitative estimate of drug-likeness (QED) is 0.262. The molecule has 1 aromatic rings. The molecule has 0 aliphatic carbocycles. The first-order valence-electron chi connectivity index (χ1n) is 4.61. The molecule has 0 radical (unpaired) electrons. The fraction of sp³-hybridized carbons (Fsp3) is 0.222. The predicted molar refractivity (Wildman–Crippen MR) is 57.7 cm³/mol. The van der Waals surface area contributed by atoms with Crippen molar-refractivity contribution in [1.29, 1.82) is 0 Å². The summed E-state index contributed by atoms with van der Waals surface area (Å²) in [6.07, 6.45) is 0. The molecule has 0 atom stereocenters. The van der Waals surface area contributed by atoms with Crippen LogP contribution in [0.1, 0.15) is 17.3 Å². The summed E-state index contributed by atoms with van der Waals surface area (Å²) in [6, 6.07) is 3.83. The Bertz CT molecular complexity index is 508. The third-order valence-corrected chi connectivity index (χ3v) is 1.85. The number of carbonyl (C=O) groups is 1. The Kier molecular flexibility index (Phi) is 4.02. The molecular formula is C9H8N4O4. The average molecular weight is 236 g/mol. The SMILES string of the molecule is CCOc1c(C(=O)N=[N+]=[N-])cccc1[N+](=O)[O-]. The maximum absolute atomic E-state index is 11.4. The molecule has 88 valence electrons. The van der Waals surface area contributed by atoms with Gasteiger partial charge in [0.15, 0.2) is 0 Å². The summed E-state index contributed by atoms with van der Waals surface area (Å²) in [6.45, 7) is 1.78. The number of rotatable bonds is 4. The van der Waals surface area contributed by atoms with Crippen LogP contribution in [0.4, 0.5) is 5.69 Å². The first-order valence-corrected chi connectivity index (χ1v) is 4.61. The van der Waals surface area contributed by atoms with Gasteiger partial charge in [-0.3, -0.25) is 14.9 Å². The lowest BCUT2D eigenvalue weighted by Crippen LogP contribution is -2.04. The summed E-state index contributed by atoms with van der Waals surface area (Å²) in [5, 5.41) is 13.6. The average Bonchev–Trinajstić information content (AvgIpc) is 2.29. The molecule has 8 nitrogen and oxygen atoms in total. The van der Waals surface area contributed by atoms with Crippen LogP contribution < -0.4 is 4.74 Å². The zero-order valence-electron chi connectivity index (χ0n) is 8.86. The summed E-state index contributed by atoms with van der Waals surface area (Å²) in [5.74, 6) is -1.10. The summed E-state index contributed by atoms with van der Waals surface area (Å²) < 4.78 is 5.05. The lowest BCUT2D eigenvalue weighted by molar-refractivity contribution is -0.385. The molecule has 1 aromatic carbocycles. The maximum atomic E-state index is 11.4. The highest BCUT2D eigenvalue weighted by molar-refractivity contribution is 5.98. The van der Waals surface area contributed by atoms with E-state index in [0.717, 1.165) is 0 Å². The molecule has 0 unspecified atom stereocenters. The van der Waals surface area contributed by atoms with Gasteiger partial charge in [-0.1, -0.05) is 6.07 Å². The second-order valence-corrected chi connectivity index (χ2v) is 2.84. The molecule has 0 N–H and O–H groups in total. The van der Waals surface area contributed by atoms with Crippen LogP contribution in [-0.4, -0.2) is 17.4 Å². The number of hydrogen-bond donors (Lipinski definition) is 0. The Hall–Kier alpha value is -2.60. The van der Waals surface area contributed by atoms with Crippen molar-refractivity contribution in [3.8, 4) is 5.75 Å². The number of azide groups is 1. The van der Waals surface area contributed by atoms with Crippen LogP contribution in [0, 0.1) is 10.1 Å². The fourth-order valence-electron chi connectivity index (χ4n) is 1.23. The Labute approximate surface area is 95.6 Å². The topological polar surface area (TPSA) is 118 Å². The minimum atomic E-state index is -0.917. The summed E-state index contributed by atoms with van der Waals surface area (Å²) in [7, 11) is 0. The number of amides is 1. The van der Waals surface area contributed by atoms with Crippen molar-refractivity contribution < 1.29 is 14.5 Å². The molecular weight excluding hydrogens is 228 g/mol. The van der Waals surface area contributed by atoms with E-state index in [2.05, 4.69) is 10.0 Å². The molecule has 0 fully saturated rings. The van der Waals surface area contributed by atoms with Gasteiger partial charge >= 0.3 is 5.69 Å². The van der Waals surface area contributed by atoms with Gasteiger partial charge in [0.25, 0.3) is 5.91 Å². The van der Waals surface area contributed by atoms with Gasteiger partial charge in [-0.25, -0.2) is 0 Å². The van der Waals surface area contributed by atoms with Gasteiger partial charge in [0.1, 0.15) is 0 Å². The monoisotopic (exact) mass is 236 g/mol. The van der Waals surface area contributed by atoms with Crippen LogP contribution >= 0.6 is 0 Å². The standard InChI is InChI=1S/C9H8N4O4/c1-2-17-8-6(9(14)11-12-10)4-3-5-7(8)13(15)16/h3-5H,2H2,1H3. The highest BCUT2D eigenvalue weighted by Gasteiger charge is 2.22. The first-order chi connectivity index (χ1) is 8.11. The number of nitro groups is 1. The van der Waals surface area contributed by atoms with E-state index in [0.29, 0.717) is 0 Å². The molecule has 0 bridgehead atoms. The van der Waals surface area contributed by atoms with E-state index in [1.54, 1.807) is 6.92 Å². The van der Waals surface area contributed by atoms with Gasteiger partial charge in [-0.15, -0.1) is 0 Å². The maximum Gasteiger partial charge on any atom is 0.311 e. The number of carbonyl (C=O) groups excluding carboxylic acids is 1. The van der Waals surface area contributed by atoms with Crippen LogP contribution in [-0.2, 0) is 0 Å². The van der Waals surface area contributed by atoms with Crippen LogP contribution in [0.25, 0.3) is 10.4 Å². The van der Waals surface area contributed by atoms with Crippen molar-refractivity contribution in [2.24, 2.45) is 5.11 Å². The minimum Gasteiger partial charge on any atom is -0.487 e. The highest BCUT2D eigenvalue weighted by atomic mass is 16.6. The Morgan fingerprint density at radius 2 is 2.35 bits per heavy atom. The molecule has 0 aliphatic rings. The number of nitrogens with zero attached hydrogens (tertiary/aromatic N) is 4. The molecule has 0 spiro atoms. The molecule has 0 aromatic heterocycles. The second kappa shape index (κ2) is 5.47. The van der Waals surface area contributed by atoms with Gasteiger partial charge in [0.2, 0.25) is 5.75 Å². The van der Waals surface area contributed by atoms with Crippen molar-refractivity contribution in [3.05, 3.63) is 44.3 Å². The third kappa shape index (κ3) is 2.70. The smallest absolute Gasteiger partial charge is 0.311 e.